The molecule has 0 saturated carbocycles. The molecule has 6 heteroatoms. The molecule has 0 radical (unpaired) electrons. The van der Waals surface area contributed by atoms with E-state index in [0.29, 0.717) is 23.9 Å². The molecule has 0 bridgehead atoms. The summed E-state index contributed by atoms with van der Waals surface area (Å²) in [6.07, 6.45) is 0. The molecule has 0 amide bonds. The summed E-state index contributed by atoms with van der Waals surface area (Å²) in [5.74, 6) is 0.712. The normalized spacial score (nSPS) is 10.7. The van der Waals surface area contributed by atoms with Crippen molar-refractivity contribution in [3.05, 3.63) is 63.7 Å². The van der Waals surface area contributed by atoms with E-state index in [0.717, 1.165) is 28.2 Å². The molecule has 0 aliphatic carbocycles. The van der Waals surface area contributed by atoms with E-state index in [1.165, 1.54) is 16.9 Å². The first kappa shape index (κ1) is 19.9. The summed E-state index contributed by atoms with van der Waals surface area (Å²) in [6.45, 7) is 8.78. The Labute approximate surface area is 168 Å². The van der Waals surface area contributed by atoms with Crippen molar-refractivity contribution in [1.29, 1.82) is 0 Å². The summed E-state index contributed by atoms with van der Waals surface area (Å²) in [4.78, 5) is 15.8. The standard InChI is InChI=1S/C22H23NO4S/c1-13-5-6-14(2)19(15(13)3)27-12-11-26-18-9-7-17(8-10-18)21-23-16(4)20(28-21)22(24)25/h5-10H,11-12H2,1-4H3,(H,24,25). The number of benzene rings is 2. The van der Waals surface area contributed by atoms with Gasteiger partial charge in [-0.3, -0.25) is 0 Å². The molecule has 2 aromatic carbocycles. The minimum absolute atomic E-state index is 0.272. The highest BCUT2D eigenvalue weighted by Gasteiger charge is 2.15. The molecule has 0 saturated heterocycles. The van der Waals surface area contributed by atoms with Gasteiger partial charge in [-0.2, -0.15) is 0 Å². The van der Waals surface area contributed by atoms with E-state index in [9.17, 15) is 4.79 Å². The lowest BCUT2D eigenvalue weighted by Crippen LogP contribution is -2.10. The van der Waals surface area contributed by atoms with Crippen molar-refractivity contribution in [2.45, 2.75) is 27.7 Å². The van der Waals surface area contributed by atoms with Crippen molar-refractivity contribution >= 4 is 17.3 Å². The number of ether oxygens (including phenoxy) is 2. The molecule has 0 unspecified atom stereocenters. The Kier molecular flexibility index (Phi) is 5.99. The highest BCUT2D eigenvalue weighted by Crippen LogP contribution is 2.29. The lowest BCUT2D eigenvalue weighted by Gasteiger charge is -2.14. The van der Waals surface area contributed by atoms with Crippen molar-refractivity contribution in [1.82, 2.24) is 4.98 Å². The smallest absolute Gasteiger partial charge is 0.347 e. The van der Waals surface area contributed by atoms with E-state index >= 15 is 0 Å². The molecule has 28 heavy (non-hydrogen) atoms. The number of carboxylic acid groups (broad SMARTS) is 1. The first-order valence-electron chi connectivity index (χ1n) is 9.00. The minimum atomic E-state index is -0.944. The van der Waals surface area contributed by atoms with Crippen LogP contribution < -0.4 is 9.47 Å². The molecule has 0 aliphatic rings. The number of thiazole rings is 1. The fraction of sp³-hybridized carbons (Fsp3) is 0.273. The molecule has 0 aliphatic heterocycles. The summed E-state index contributed by atoms with van der Waals surface area (Å²) in [5, 5.41) is 9.85. The van der Waals surface area contributed by atoms with Gasteiger partial charge in [0.05, 0.1) is 5.69 Å². The second-order valence-corrected chi connectivity index (χ2v) is 7.61. The summed E-state index contributed by atoms with van der Waals surface area (Å²) >= 11 is 1.18. The highest BCUT2D eigenvalue weighted by atomic mass is 32.1. The molecule has 1 N–H and O–H groups in total. The van der Waals surface area contributed by atoms with Gasteiger partial charge >= 0.3 is 5.97 Å². The zero-order valence-corrected chi connectivity index (χ0v) is 17.2. The fourth-order valence-corrected chi connectivity index (χ4v) is 3.77. The Balaban J connectivity index is 1.57. The van der Waals surface area contributed by atoms with Crippen molar-refractivity contribution < 1.29 is 19.4 Å². The van der Waals surface area contributed by atoms with E-state index in [1.807, 2.05) is 31.2 Å². The van der Waals surface area contributed by atoms with Gasteiger partial charge in [-0.05, 0) is 68.7 Å². The zero-order valence-electron chi connectivity index (χ0n) is 16.4. The van der Waals surface area contributed by atoms with Gasteiger partial charge in [0.15, 0.2) is 0 Å². The van der Waals surface area contributed by atoms with Crippen LogP contribution in [0.5, 0.6) is 11.5 Å². The predicted octanol–water partition coefficient (Wildman–Crippen LogP) is 5.20. The number of hydrogen-bond donors (Lipinski definition) is 1. The summed E-state index contributed by atoms with van der Waals surface area (Å²) in [7, 11) is 0. The molecule has 0 atom stereocenters. The van der Waals surface area contributed by atoms with E-state index in [-0.39, 0.29) is 4.88 Å². The maximum absolute atomic E-state index is 11.2. The quantitative estimate of drug-likeness (QED) is 0.555. The number of rotatable bonds is 7. The van der Waals surface area contributed by atoms with Gasteiger partial charge in [-0.25, -0.2) is 9.78 Å². The fourth-order valence-electron chi connectivity index (χ4n) is 2.86. The number of aromatic nitrogens is 1. The molecule has 0 fully saturated rings. The van der Waals surface area contributed by atoms with Crippen molar-refractivity contribution in [2.75, 3.05) is 13.2 Å². The van der Waals surface area contributed by atoms with Crippen molar-refractivity contribution in [3.8, 4) is 22.1 Å². The van der Waals surface area contributed by atoms with Crippen molar-refractivity contribution in [3.63, 3.8) is 0 Å². The molecule has 0 spiro atoms. The average Bonchev–Trinajstić information content (AvgIpc) is 3.07. The number of carboxylic acids is 1. The maximum atomic E-state index is 11.2. The topological polar surface area (TPSA) is 68.7 Å². The minimum Gasteiger partial charge on any atom is -0.490 e. The maximum Gasteiger partial charge on any atom is 0.347 e. The molecule has 1 heterocycles. The van der Waals surface area contributed by atoms with Gasteiger partial charge in [0, 0.05) is 5.56 Å². The lowest BCUT2D eigenvalue weighted by atomic mass is 10.1. The monoisotopic (exact) mass is 397 g/mol. The van der Waals surface area contributed by atoms with Gasteiger partial charge < -0.3 is 14.6 Å². The number of nitrogens with zero attached hydrogens (tertiary/aromatic N) is 1. The third-order valence-electron chi connectivity index (χ3n) is 4.56. The van der Waals surface area contributed by atoms with Crippen LogP contribution in [0.15, 0.2) is 36.4 Å². The molecule has 3 aromatic rings. The number of hydrogen-bond acceptors (Lipinski definition) is 5. The Morgan fingerprint density at radius 1 is 0.964 bits per heavy atom. The Hall–Kier alpha value is -2.86. The van der Waals surface area contributed by atoms with Crippen molar-refractivity contribution in [2.24, 2.45) is 0 Å². The summed E-state index contributed by atoms with van der Waals surface area (Å²) < 4.78 is 11.7. The van der Waals surface area contributed by atoms with Gasteiger partial charge in [0.2, 0.25) is 0 Å². The van der Waals surface area contributed by atoms with E-state index in [4.69, 9.17) is 14.6 Å². The Morgan fingerprint density at radius 2 is 1.61 bits per heavy atom. The highest BCUT2D eigenvalue weighted by molar-refractivity contribution is 7.17. The molecular weight excluding hydrogens is 374 g/mol. The SMILES string of the molecule is Cc1ccc(C)c(OCCOc2ccc(-c3nc(C)c(C(=O)O)s3)cc2)c1C. The first-order valence-corrected chi connectivity index (χ1v) is 9.82. The second-order valence-electron chi connectivity index (χ2n) is 6.61. The van der Waals surface area contributed by atoms with Crippen LogP contribution in [0, 0.1) is 27.7 Å². The van der Waals surface area contributed by atoms with Gasteiger partial charge in [-0.1, -0.05) is 12.1 Å². The third-order valence-corrected chi connectivity index (χ3v) is 5.76. The van der Waals surface area contributed by atoms with Gasteiger partial charge in [-0.15, -0.1) is 11.3 Å². The average molecular weight is 397 g/mol. The molecule has 5 nitrogen and oxygen atoms in total. The van der Waals surface area contributed by atoms with Gasteiger partial charge in [0.25, 0.3) is 0 Å². The molecule has 146 valence electrons. The number of aromatic carboxylic acids is 1. The van der Waals surface area contributed by atoms with Crippen LogP contribution in [0.3, 0.4) is 0 Å². The van der Waals surface area contributed by atoms with Crippen LogP contribution in [0.2, 0.25) is 0 Å². The predicted molar refractivity (Wildman–Crippen MR) is 111 cm³/mol. The molecule has 3 rings (SSSR count). The van der Waals surface area contributed by atoms with E-state index < -0.39 is 5.97 Å². The van der Waals surface area contributed by atoms with E-state index in [1.54, 1.807) is 6.92 Å². The van der Waals surface area contributed by atoms with Crippen LogP contribution in [-0.4, -0.2) is 29.3 Å². The van der Waals surface area contributed by atoms with Crippen LogP contribution in [-0.2, 0) is 0 Å². The largest absolute Gasteiger partial charge is 0.490 e. The second kappa shape index (κ2) is 8.44. The summed E-state index contributed by atoms with van der Waals surface area (Å²) in [5.41, 5.74) is 4.89. The Bertz CT molecular complexity index is 993. The number of carbonyl (C=O) groups is 1. The first-order chi connectivity index (χ1) is 13.4. The van der Waals surface area contributed by atoms with Gasteiger partial charge in [0.1, 0.15) is 34.6 Å². The number of aryl methyl sites for hydroxylation is 3. The molecule has 1 aromatic heterocycles. The van der Waals surface area contributed by atoms with Crippen LogP contribution in [0.1, 0.15) is 32.1 Å². The van der Waals surface area contributed by atoms with Crippen LogP contribution in [0.4, 0.5) is 0 Å². The lowest BCUT2D eigenvalue weighted by molar-refractivity contribution is 0.0701. The van der Waals surface area contributed by atoms with Crippen LogP contribution in [0.25, 0.3) is 10.6 Å². The van der Waals surface area contributed by atoms with Crippen LogP contribution >= 0.6 is 11.3 Å². The van der Waals surface area contributed by atoms with E-state index in [2.05, 4.69) is 31.0 Å². The Morgan fingerprint density at radius 3 is 2.25 bits per heavy atom. The third kappa shape index (κ3) is 4.34. The molecular formula is C22H23NO4S. The zero-order chi connectivity index (χ0) is 20.3. The summed E-state index contributed by atoms with van der Waals surface area (Å²) in [6, 6.07) is 11.6.